The van der Waals surface area contributed by atoms with Crippen LogP contribution in [-0.4, -0.2) is 41.9 Å². The molecule has 6 nitrogen and oxygen atoms in total. The highest BCUT2D eigenvalue weighted by atomic mass is 16.2. The van der Waals surface area contributed by atoms with Gasteiger partial charge in [0.1, 0.15) is 6.04 Å². The number of nitrogens with one attached hydrogen (secondary N) is 2. The predicted octanol–water partition coefficient (Wildman–Crippen LogP) is -1.18. The van der Waals surface area contributed by atoms with Gasteiger partial charge in [0.05, 0.1) is 6.54 Å². The second kappa shape index (κ2) is 3.28. The zero-order valence-electron chi connectivity index (χ0n) is 7.58. The van der Waals surface area contributed by atoms with Crippen LogP contribution in [0.15, 0.2) is 0 Å². The number of carbonyl (C=O) groups is 3. The molecule has 0 aromatic rings. The van der Waals surface area contributed by atoms with Crippen molar-refractivity contribution in [2.24, 2.45) is 0 Å². The molecule has 76 valence electrons. The molecule has 2 N–H and O–H groups in total. The number of hydrogen-bond acceptors (Lipinski definition) is 3. The molecule has 0 aromatic carbocycles. The number of carbonyl (C=O) groups excluding carboxylic acids is 3. The van der Waals surface area contributed by atoms with Crippen molar-refractivity contribution in [1.29, 1.82) is 0 Å². The maximum atomic E-state index is 11.4. The molecule has 2 aliphatic heterocycles. The summed E-state index contributed by atoms with van der Waals surface area (Å²) >= 11 is 0. The second-order valence-corrected chi connectivity index (χ2v) is 3.37. The summed E-state index contributed by atoms with van der Waals surface area (Å²) in [7, 11) is 0. The lowest BCUT2D eigenvalue weighted by Crippen LogP contribution is -2.52. The van der Waals surface area contributed by atoms with Gasteiger partial charge in [0, 0.05) is 6.54 Å². The highest BCUT2D eigenvalue weighted by molar-refractivity contribution is 6.05. The third-order valence-electron chi connectivity index (χ3n) is 2.45. The van der Waals surface area contributed by atoms with E-state index in [4.69, 9.17) is 0 Å². The number of rotatable bonds is 1. The van der Waals surface area contributed by atoms with E-state index in [9.17, 15) is 14.4 Å². The maximum Gasteiger partial charge on any atom is 0.325 e. The van der Waals surface area contributed by atoms with Crippen molar-refractivity contribution in [3.05, 3.63) is 0 Å². The lowest BCUT2D eigenvalue weighted by molar-refractivity contribution is -0.135. The number of nitrogens with zero attached hydrogens (tertiary/aromatic N) is 1. The molecule has 4 amide bonds. The third-order valence-corrected chi connectivity index (χ3v) is 2.45. The van der Waals surface area contributed by atoms with Crippen LogP contribution in [0.2, 0.25) is 0 Å². The molecule has 6 heteroatoms. The van der Waals surface area contributed by atoms with Crippen molar-refractivity contribution >= 4 is 17.8 Å². The first-order chi connectivity index (χ1) is 6.70. The molecular weight excluding hydrogens is 186 g/mol. The van der Waals surface area contributed by atoms with Gasteiger partial charge in [0.15, 0.2) is 0 Å². The Labute approximate surface area is 80.6 Å². The summed E-state index contributed by atoms with van der Waals surface area (Å²) in [6, 6.07) is -1.07. The van der Waals surface area contributed by atoms with Crippen LogP contribution >= 0.6 is 0 Å². The monoisotopic (exact) mass is 197 g/mol. The average Bonchev–Trinajstić information content (AvgIpc) is 2.48. The molecule has 0 spiro atoms. The SMILES string of the molecule is O=C1NCCCC1N1C(=O)CNC1=O. The van der Waals surface area contributed by atoms with Gasteiger partial charge in [-0.2, -0.15) is 0 Å². The number of imide groups is 1. The quantitative estimate of drug-likeness (QED) is 0.519. The molecule has 0 radical (unpaired) electrons. The van der Waals surface area contributed by atoms with Crippen LogP contribution in [0.25, 0.3) is 0 Å². The Morgan fingerprint density at radius 3 is 2.57 bits per heavy atom. The smallest absolute Gasteiger partial charge is 0.325 e. The average molecular weight is 197 g/mol. The highest BCUT2D eigenvalue weighted by Gasteiger charge is 2.39. The second-order valence-electron chi connectivity index (χ2n) is 3.37. The zero-order chi connectivity index (χ0) is 10.1. The van der Waals surface area contributed by atoms with Crippen LogP contribution in [0.1, 0.15) is 12.8 Å². The number of amides is 4. The molecule has 0 aliphatic carbocycles. The van der Waals surface area contributed by atoms with E-state index in [1.54, 1.807) is 0 Å². The topological polar surface area (TPSA) is 78.5 Å². The first kappa shape index (κ1) is 8.98. The molecule has 0 bridgehead atoms. The fraction of sp³-hybridized carbons (Fsp3) is 0.625. The summed E-state index contributed by atoms with van der Waals surface area (Å²) in [4.78, 5) is 34.9. The number of piperidine rings is 1. The maximum absolute atomic E-state index is 11.4. The van der Waals surface area contributed by atoms with Gasteiger partial charge < -0.3 is 10.6 Å². The van der Waals surface area contributed by atoms with Gasteiger partial charge in [-0.3, -0.25) is 14.5 Å². The molecule has 0 saturated carbocycles. The van der Waals surface area contributed by atoms with E-state index in [1.807, 2.05) is 0 Å². The molecule has 0 aromatic heterocycles. The van der Waals surface area contributed by atoms with Crippen LogP contribution in [-0.2, 0) is 9.59 Å². The lowest BCUT2D eigenvalue weighted by Gasteiger charge is -2.27. The first-order valence-corrected chi connectivity index (χ1v) is 4.58. The minimum absolute atomic E-state index is 0.00259. The van der Waals surface area contributed by atoms with E-state index < -0.39 is 12.1 Å². The van der Waals surface area contributed by atoms with Crippen molar-refractivity contribution in [2.45, 2.75) is 18.9 Å². The van der Waals surface area contributed by atoms with E-state index in [0.29, 0.717) is 13.0 Å². The Balaban J connectivity index is 2.16. The van der Waals surface area contributed by atoms with Gasteiger partial charge in [-0.25, -0.2) is 4.79 Å². The molecule has 1 unspecified atom stereocenters. The Morgan fingerprint density at radius 2 is 2.00 bits per heavy atom. The molecule has 2 rings (SSSR count). The van der Waals surface area contributed by atoms with Crippen molar-refractivity contribution in [3.8, 4) is 0 Å². The van der Waals surface area contributed by atoms with Crippen molar-refractivity contribution in [3.63, 3.8) is 0 Å². The summed E-state index contributed by atoms with van der Waals surface area (Å²) in [6.07, 6.45) is 1.36. The Bertz CT molecular complexity index is 286. The van der Waals surface area contributed by atoms with Gasteiger partial charge >= 0.3 is 6.03 Å². The standard InChI is InChI=1S/C8H11N3O3/c12-6-4-10-8(14)11(6)5-2-1-3-9-7(5)13/h5H,1-4H2,(H,9,13)(H,10,14). The van der Waals surface area contributed by atoms with E-state index in [1.165, 1.54) is 0 Å². The highest BCUT2D eigenvalue weighted by Crippen LogP contribution is 2.14. The van der Waals surface area contributed by atoms with Crippen molar-refractivity contribution < 1.29 is 14.4 Å². The van der Waals surface area contributed by atoms with Gasteiger partial charge in [-0.15, -0.1) is 0 Å². The summed E-state index contributed by atoms with van der Waals surface area (Å²) in [6.45, 7) is 0.627. The van der Waals surface area contributed by atoms with Gasteiger partial charge in [0.2, 0.25) is 5.91 Å². The lowest BCUT2D eigenvalue weighted by atomic mass is 10.1. The van der Waals surface area contributed by atoms with Gasteiger partial charge in [-0.05, 0) is 12.8 Å². The summed E-state index contributed by atoms with van der Waals surface area (Å²) in [5.74, 6) is -0.557. The molecule has 14 heavy (non-hydrogen) atoms. The third kappa shape index (κ3) is 1.32. The molecule has 2 aliphatic rings. The van der Waals surface area contributed by atoms with E-state index in [2.05, 4.69) is 10.6 Å². The Morgan fingerprint density at radius 1 is 1.21 bits per heavy atom. The largest absolute Gasteiger partial charge is 0.354 e. The number of hydrogen-bond donors (Lipinski definition) is 2. The van der Waals surface area contributed by atoms with Crippen LogP contribution < -0.4 is 10.6 Å². The molecular formula is C8H11N3O3. The summed E-state index contributed by atoms with van der Waals surface area (Å²) < 4.78 is 0. The normalized spacial score (nSPS) is 27.6. The van der Waals surface area contributed by atoms with Crippen LogP contribution in [0.3, 0.4) is 0 Å². The Kier molecular flexibility index (Phi) is 2.11. The van der Waals surface area contributed by atoms with E-state index >= 15 is 0 Å². The molecule has 2 saturated heterocycles. The van der Waals surface area contributed by atoms with E-state index in [0.717, 1.165) is 11.3 Å². The molecule has 2 heterocycles. The summed E-state index contributed by atoms with van der Waals surface area (Å²) in [5.41, 5.74) is 0. The van der Waals surface area contributed by atoms with Gasteiger partial charge in [-0.1, -0.05) is 0 Å². The minimum Gasteiger partial charge on any atom is -0.354 e. The van der Waals surface area contributed by atoms with Crippen LogP contribution in [0.4, 0.5) is 4.79 Å². The first-order valence-electron chi connectivity index (χ1n) is 4.58. The van der Waals surface area contributed by atoms with Crippen LogP contribution in [0.5, 0.6) is 0 Å². The minimum atomic E-state index is -0.612. The summed E-state index contributed by atoms with van der Waals surface area (Å²) in [5, 5.41) is 5.03. The predicted molar refractivity (Wildman–Crippen MR) is 46.3 cm³/mol. The van der Waals surface area contributed by atoms with Gasteiger partial charge in [0.25, 0.3) is 5.91 Å². The zero-order valence-corrected chi connectivity index (χ0v) is 7.58. The Hall–Kier alpha value is -1.59. The van der Waals surface area contributed by atoms with Crippen molar-refractivity contribution in [2.75, 3.05) is 13.1 Å². The van der Waals surface area contributed by atoms with E-state index in [-0.39, 0.29) is 18.4 Å². The van der Waals surface area contributed by atoms with Crippen LogP contribution in [0, 0.1) is 0 Å². The van der Waals surface area contributed by atoms with Crippen molar-refractivity contribution in [1.82, 2.24) is 15.5 Å². The molecule has 2 fully saturated rings. The number of urea groups is 1. The fourth-order valence-electron chi connectivity index (χ4n) is 1.75. The molecule has 1 atom stereocenters. The fourth-order valence-corrected chi connectivity index (χ4v) is 1.75.